The number of anilines is 1. The van der Waals surface area contributed by atoms with Crippen LogP contribution in [0, 0.1) is 0 Å². The van der Waals surface area contributed by atoms with E-state index in [0.717, 1.165) is 16.5 Å². The Labute approximate surface area is 122 Å². The van der Waals surface area contributed by atoms with Gasteiger partial charge < -0.3 is 19.5 Å². The molecule has 0 bridgehead atoms. The van der Waals surface area contributed by atoms with Gasteiger partial charge in [0.2, 0.25) is 0 Å². The smallest absolute Gasteiger partial charge is 0.323 e. The van der Waals surface area contributed by atoms with E-state index in [0.29, 0.717) is 19.0 Å². The van der Waals surface area contributed by atoms with E-state index in [4.69, 9.17) is 14.6 Å². The number of nitrogens with zero attached hydrogens (tertiary/aromatic N) is 2. The number of aliphatic carboxylic acids is 1. The molecule has 2 rings (SSSR count). The summed E-state index contributed by atoms with van der Waals surface area (Å²) in [5.74, 6) is 0.441. The van der Waals surface area contributed by atoms with Gasteiger partial charge in [-0.2, -0.15) is 0 Å². The van der Waals surface area contributed by atoms with Crippen molar-refractivity contribution in [3.8, 4) is 5.75 Å². The van der Waals surface area contributed by atoms with E-state index in [1.54, 1.807) is 25.3 Å². The first-order valence-corrected chi connectivity index (χ1v) is 6.54. The molecule has 0 aliphatic carbocycles. The van der Waals surface area contributed by atoms with Gasteiger partial charge in [0.15, 0.2) is 0 Å². The topological polar surface area (TPSA) is 71.9 Å². The zero-order valence-electron chi connectivity index (χ0n) is 12.1. The molecular formula is C15H18N2O4. The summed E-state index contributed by atoms with van der Waals surface area (Å²) in [6.45, 7) is 0.744. The fourth-order valence-corrected chi connectivity index (χ4v) is 2.22. The SMILES string of the molecule is COCCN(CC(=O)O)c1nccc2c(OC)cccc12. The lowest BCUT2D eigenvalue weighted by molar-refractivity contribution is -0.135. The quantitative estimate of drug-likeness (QED) is 0.838. The third-order valence-electron chi connectivity index (χ3n) is 3.16. The van der Waals surface area contributed by atoms with E-state index < -0.39 is 5.97 Å². The minimum absolute atomic E-state index is 0.132. The lowest BCUT2D eigenvalue weighted by Gasteiger charge is -2.23. The molecule has 0 unspecified atom stereocenters. The number of pyridine rings is 1. The van der Waals surface area contributed by atoms with Crippen LogP contribution >= 0.6 is 0 Å². The Hall–Kier alpha value is -2.34. The predicted molar refractivity (Wildman–Crippen MR) is 80.0 cm³/mol. The van der Waals surface area contributed by atoms with Gasteiger partial charge in [-0.15, -0.1) is 0 Å². The normalized spacial score (nSPS) is 10.6. The number of hydrogen-bond acceptors (Lipinski definition) is 5. The zero-order valence-corrected chi connectivity index (χ0v) is 12.1. The van der Waals surface area contributed by atoms with Crippen LogP contribution in [0.15, 0.2) is 30.5 Å². The van der Waals surface area contributed by atoms with Crippen LogP contribution < -0.4 is 9.64 Å². The number of fused-ring (bicyclic) bond motifs is 1. The molecular weight excluding hydrogens is 272 g/mol. The van der Waals surface area contributed by atoms with Crippen LogP contribution in [0.4, 0.5) is 5.82 Å². The first kappa shape index (κ1) is 15.1. The molecule has 0 aliphatic heterocycles. The largest absolute Gasteiger partial charge is 0.496 e. The standard InChI is InChI=1S/C15H18N2O4/c1-20-9-8-17(10-14(18)19)15-12-4-3-5-13(21-2)11(12)6-7-16-15/h3-7H,8-10H2,1-2H3,(H,18,19). The highest BCUT2D eigenvalue weighted by Crippen LogP contribution is 2.30. The molecule has 6 nitrogen and oxygen atoms in total. The fourth-order valence-electron chi connectivity index (χ4n) is 2.22. The van der Waals surface area contributed by atoms with Gasteiger partial charge in [-0.1, -0.05) is 12.1 Å². The fraction of sp³-hybridized carbons (Fsp3) is 0.333. The van der Waals surface area contributed by atoms with Crippen LogP contribution in [0.25, 0.3) is 10.8 Å². The number of hydrogen-bond donors (Lipinski definition) is 1. The Kier molecular flexibility index (Phi) is 4.94. The maximum atomic E-state index is 11.1. The van der Waals surface area contributed by atoms with Crippen molar-refractivity contribution in [3.63, 3.8) is 0 Å². The van der Waals surface area contributed by atoms with Crippen molar-refractivity contribution in [2.45, 2.75) is 0 Å². The molecule has 1 aromatic carbocycles. The average molecular weight is 290 g/mol. The molecule has 0 saturated carbocycles. The number of carboxylic acids is 1. The lowest BCUT2D eigenvalue weighted by atomic mass is 10.1. The van der Waals surface area contributed by atoms with Gasteiger partial charge in [0.05, 0.1) is 13.7 Å². The summed E-state index contributed by atoms with van der Waals surface area (Å²) in [5.41, 5.74) is 0. The second kappa shape index (κ2) is 6.90. The highest BCUT2D eigenvalue weighted by molar-refractivity contribution is 5.96. The molecule has 1 aromatic heterocycles. The molecule has 0 saturated heterocycles. The summed E-state index contributed by atoms with van der Waals surface area (Å²) in [6, 6.07) is 7.49. The number of ether oxygens (including phenoxy) is 2. The van der Waals surface area contributed by atoms with E-state index in [1.807, 2.05) is 24.3 Å². The van der Waals surface area contributed by atoms with Crippen molar-refractivity contribution in [2.75, 3.05) is 38.8 Å². The van der Waals surface area contributed by atoms with Crippen molar-refractivity contribution in [1.82, 2.24) is 4.98 Å². The summed E-state index contributed by atoms with van der Waals surface area (Å²) in [7, 11) is 3.19. The zero-order chi connectivity index (χ0) is 15.2. The van der Waals surface area contributed by atoms with Crippen LogP contribution in [0.3, 0.4) is 0 Å². The van der Waals surface area contributed by atoms with Gasteiger partial charge in [0, 0.05) is 30.6 Å². The van der Waals surface area contributed by atoms with Crippen LogP contribution in [0.5, 0.6) is 5.75 Å². The molecule has 0 amide bonds. The number of carboxylic acid groups (broad SMARTS) is 1. The first-order valence-electron chi connectivity index (χ1n) is 6.54. The number of carbonyl (C=O) groups is 1. The van der Waals surface area contributed by atoms with Crippen molar-refractivity contribution in [1.29, 1.82) is 0 Å². The molecule has 0 radical (unpaired) electrons. The van der Waals surface area contributed by atoms with Crippen LogP contribution in [0.2, 0.25) is 0 Å². The number of rotatable bonds is 7. The third-order valence-corrected chi connectivity index (χ3v) is 3.16. The Morgan fingerprint density at radius 3 is 2.76 bits per heavy atom. The maximum absolute atomic E-state index is 11.1. The van der Waals surface area contributed by atoms with Gasteiger partial charge in [0.25, 0.3) is 0 Å². The molecule has 21 heavy (non-hydrogen) atoms. The Balaban J connectivity index is 2.48. The first-order chi connectivity index (χ1) is 10.2. The highest BCUT2D eigenvalue weighted by Gasteiger charge is 2.15. The summed E-state index contributed by atoms with van der Waals surface area (Å²) in [6.07, 6.45) is 1.65. The minimum atomic E-state index is -0.909. The van der Waals surface area contributed by atoms with Gasteiger partial charge in [-0.25, -0.2) is 4.98 Å². The van der Waals surface area contributed by atoms with E-state index >= 15 is 0 Å². The summed E-state index contributed by atoms with van der Waals surface area (Å²) < 4.78 is 10.4. The molecule has 0 spiro atoms. The second-order valence-corrected chi connectivity index (χ2v) is 4.50. The second-order valence-electron chi connectivity index (χ2n) is 4.50. The Bertz CT molecular complexity index is 630. The monoisotopic (exact) mass is 290 g/mol. The van der Waals surface area contributed by atoms with E-state index in [9.17, 15) is 4.79 Å². The molecule has 0 aliphatic rings. The van der Waals surface area contributed by atoms with E-state index in [1.165, 1.54) is 0 Å². The van der Waals surface area contributed by atoms with E-state index in [-0.39, 0.29) is 6.54 Å². The van der Waals surface area contributed by atoms with E-state index in [2.05, 4.69) is 4.98 Å². The number of methoxy groups -OCH3 is 2. The van der Waals surface area contributed by atoms with Gasteiger partial charge in [0.1, 0.15) is 18.1 Å². The van der Waals surface area contributed by atoms with Crippen molar-refractivity contribution in [3.05, 3.63) is 30.5 Å². The summed E-state index contributed by atoms with van der Waals surface area (Å²) in [5, 5.41) is 10.8. The number of benzene rings is 1. The summed E-state index contributed by atoms with van der Waals surface area (Å²) >= 11 is 0. The van der Waals surface area contributed by atoms with Crippen LogP contribution in [-0.2, 0) is 9.53 Å². The average Bonchev–Trinajstić information content (AvgIpc) is 2.50. The molecule has 0 fully saturated rings. The summed E-state index contributed by atoms with van der Waals surface area (Å²) in [4.78, 5) is 17.1. The van der Waals surface area contributed by atoms with Gasteiger partial charge in [-0.3, -0.25) is 4.79 Å². The Morgan fingerprint density at radius 1 is 1.29 bits per heavy atom. The molecule has 6 heteroatoms. The number of aromatic nitrogens is 1. The van der Waals surface area contributed by atoms with Crippen LogP contribution in [0.1, 0.15) is 0 Å². The van der Waals surface area contributed by atoms with Crippen molar-refractivity contribution < 1.29 is 19.4 Å². The molecule has 112 valence electrons. The molecule has 0 atom stereocenters. The molecule has 2 aromatic rings. The third kappa shape index (κ3) is 3.41. The van der Waals surface area contributed by atoms with Gasteiger partial charge >= 0.3 is 5.97 Å². The molecule has 1 N–H and O–H groups in total. The maximum Gasteiger partial charge on any atom is 0.323 e. The van der Waals surface area contributed by atoms with Crippen LogP contribution in [-0.4, -0.2) is 50.0 Å². The highest BCUT2D eigenvalue weighted by atomic mass is 16.5. The predicted octanol–water partition coefficient (Wildman–Crippen LogP) is 1.78. The van der Waals surface area contributed by atoms with Gasteiger partial charge in [-0.05, 0) is 12.1 Å². The minimum Gasteiger partial charge on any atom is -0.496 e. The van der Waals surface area contributed by atoms with Crippen molar-refractivity contribution in [2.24, 2.45) is 0 Å². The molecule has 1 heterocycles. The Morgan fingerprint density at radius 2 is 2.10 bits per heavy atom. The lowest BCUT2D eigenvalue weighted by Crippen LogP contribution is -2.33. The van der Waals surface area contributed by atoms with Crippen molar-refractivity contribution >= 4 is 22.6 Å².